The van der Waals surface area contributed by atoms with Crippen molar-refractivity contribution >= 4 is 23.2 Å². The van der Waals surface area contributed by atoms with Crippen molar-refractivity contribution in [3.8, 4) is 0 Å². The van der Waals surface area contributed by atoms with Crippen molar-refractivity contribution in [1.29, 1.82) is 0 Å². The lowest BCUT2D eigenvalue weighted by molar-refractivity contribution is -0.137. The zero-order valence-electron chi connectivity index (χ0n) is 8.43. The Morgan fingerprint density at radius 3 is 2.36 bits per heavy atom. The monoisotopic (exact) mass is 216 g/mol. The van der Waals surface area contributed by atoms with Gasteiger partial charge in [0.1, 0.15) is 0 Å². The maximum Gasteiger partial charge on any atom is 0.198 e. The van der Waals surface area contributed by atoms with Gasteiger partial charge in [-0.05, 0) is 12.3 Å². The first kappa shape index (κ1) is 11.7. The zero-order valence-corrected chi connectivity index (χ0v) is 9.18. The molecule has 0 spiro atoms. The van der Waals surface area contributed by atoms with E-state index in [2.05, 4.69) is 0 Å². The summed E-state index contributed by atoms with van der Waals surface area (Å²) in [4.78, 5) is 22.7. The summed E-state index contributed by atoms with van der Waals surface area (Å²) in [5, 5.41) is 0. The quantitative estimate of drug-likeness (QED) is 0.506. The highest BCUT2D eigenvalue weighted by Crippen LogP contribution is 2.27. The topological polar surface area (TPSA) is 34.1 Å². The van der Waals surface area contributed by atoms with Crippen LogP contribution < -0.4 is 0 Å². The van der Waals surface area contributed by atoms with E-state index >= 15 is 0 Å². The zero-order chi connectivity index (χ0) is 10.4. The second-order valence-corrected chi connectivity index (χ2v) is 4.37. The summed E-state index contributed by atoms with van der Waals surface area (Å²) >= 11 is 5.46. The Labute approximate surface area is 90.0 Å². The van der Waals surface area contributed by atoms with Crippen LogP contribution in [0.3, 0.4) is 0 Å². The Kier molecular flexibility index (Phi) is 5.16. The van der Waals surface area contributed by atoms with Gasteiger partial charge < -0.3 is 0 Å². The predicted octanol–water partition coefficient (Wildman–Crippen LogP) is 2.72. The molecule has 0 unspecified atom stereocenters. The van der Waals surface area contributed by atoms with Crippen LogP contribution in [0.15, 0.2) is 0 Å². The van der Waals surface area contributed by atoms with Crippen molar-refractivity contribution in [3.63, 3.8) is 0 Å². The van der Waals surface area contributed by atoms with Crippen LogP contribution in [-0.4, -0.2) is 17.4 Å². The third-order valence-corrected chi connectivity index (χ3v) is 3.06. The number of carbonyl (C=O) groups excluding carboxylic acids is 2. The maximum atomic E-state index is 11.4. The third kappa shape index (κ3) is 3.79. The van der Waals surface area contributed by atoms with E-state index in [9.17, 15) is 9.59 Å². The highest BCUT2D eigenvalue weighted by molar-refractivity contribution is 6.37. The summed E-state index contributed by atoms with van der Waals surface area (Å²) in [7, 11) is 0. The van der Waals surface area contributed by atoms with Gasteiger partial charge in [-0.1, -0.05) is 25.7 Å². The molecule has 1 aliphatic carbocycles. The van der Waals surface area contributed by atoms with Crippen LogP contribution in [-0.2, 0) is 9.59 Å². The first-order valence-electron chi connectivity index (χ1n) is 5.36. The molecule has 0 atom stereocenters. The molecule has 0 amide bonds. The van der Waals surface area contributed by atoms with E-state index in [4.69, 9.17) is 11.6 Å². The Hall–Kier alpha value is -0.370. The molecule has 0 heterocycles. The van der Waals surface area contributed by atoms with E-state index in [1.54, 1.807) is 0 Å². The molecular weight excluding hydrogens is 200 g/mol. The van der Waals surface area contributed by atoms with E-state index in [0.717, 1.165) is 12.8 Å². The fraction of sp³-hybridized carbons (Fsp3) is 0.818. The van der Waals surface area contributed by atoms with Gasteiger partial charge in [-0.2, -0.15) is 0 Å². The van der Waals surface area contributed by atoms with E-state index in [-0.39, 0.29) is 11.6 Å². The van der Waals surface area contributed by atoms with Gasteiger partial charge in [0.2, 0.25) is 0 Å². The van der Waals surface area contributed by atoms with Gasteiger partial charge in [-0.3, -0.25) is 9.59 Å². The number of ketones is 2. The van der Waals surface area contributed by atoms with Crippen molar-refractivity contribution in [2.45, 2.75) is 44.9 Å². The van der Waals surface area contributed by atoms with E-state index in [1.165, 1.54) is 12.8 Å². The lowest BCUT2D eigenvalue weighted by Crippen LogP contribution is -2.16. The van der Waals surface area contributed by atoms with Crippen molar-refractivity contribution in [1.82, 2.24) is 0 Å². The van der Waals surface area contributed by atoms with Crippen molar-refractivity contribution in [2.75, 3.05) is 5.88 Å². The molecule has 80 valence electrons. The van der Waals surface area contributed by atoms with Crippen molar-refractivity contribution in [2.24, 2.45) is 5.92 Å². The Morgan fingerprint density at radius 1 is 1.14 bits per heavy atom. The largest absolute Gasteiger partial charge is 0.291 e. The van der Waals surface area contributed by atoms with Crippen LogP contribution in [0, 0.1) is 5.92 Å². The van der Waals surface area contributed by atoms with Gasteiger partial charge in [0.15, 0.2) is 11.6 Å². The Bertz CT molecular complexity index is 207. The van der Waals surface area contributed by atoms with Crippen LogP contribution in [0.1, 0.15) is 44.9 Å². The standard InChI is InChI=1S/C11H17ClO2/c12-7-3-6-10(13)11(14)8-9-4-1-2-5-9/h9H,1-8H2. The molecule has 0 N–H and O–H groups in total. The number of hydrogen-bond donors (Lipinski definition) is 0. The molecule has 0 radical (unpaired) electrons. The number of rotatable bonds is 6. The summed E-state index contributed by atoms with van der Waals surface area (Å²) in [6, 6.07) is 0. The molecule has 1 aliphatic rings. The molecule has 3 heteroatoms. The van der Waals surface area contributed by atoms with E-state index < -0.39 is 0 Å². The SMILES string of the molecule is O=C(CCCCl)C(=O)CC1CCCC1. The first-order valence-corrected chi connectivity index (χ1v) is 5.89. The van der Waals surface area contributed by atoms with E-state index in [1.807, 2.05) is 0 Å². The van der Waals surface area contributed by atoms with E-state index in [0.29, 0.717) is 31.1 Å². The lowest BCUT2D eigenvalue weighted by Gasteiger charge is -2.06. The molecule has 0 aliphatic heterocycles. The second-order valence-electron chi connectivity index (χ2n) is 3.99. The molecule has 0 saturated heterocycles. The average Bonchev–Trinajstić information content (AvgIpc) is 2.66. The summed E-state index contributed by atoms with van der Waals surface area (Å²) in [5.41, 5.74) is 0. The highest BCUT2D eigenvalue weighted by atomic mass is 35.5. The molecule has 0 aromatic heterocycles. The fourth-order valence-electron chi connectivity index (χ4n) is 1.96. The minimum absolute atomic E-state index is 0.179. The van der Waals surface area contributed by atoms with Crippen LogP contribution in [0.4, 0.5) is 0 Å². The first-order chi connectivity index (χ1) is 6.74. The summed E-state index contributed by atoms with van der Waals surface area (Å²) in [6.07, 6.45) is 6.09. The molecule has 0 aromatic rings. The number of hydrogen-bond acceptors (Lipinski definition) is 2. The van der Waals surface area contributed by atoms with Crippen LogP contribution in [0.5, 0.6) is 0 Å². The molecule has 0 bridgehead atoms. The van der Waals surface area contributed by atoms with Crippen molar-refractivity contribution in [3.05, 3.63) is 0 Å². The second kappa shape index (κ2) is 6.18. The third-order valence-electron chi connectivity index (χ3n) is 2.80. The minimum Gasteiger partial charge on any atom is -0.291 e. The van der Waals surface area contributed by atoms with Gasteiger partial charge in [0.25, 0.3) is 0 Å². The Balaban J connectivity index is 2.22. The maximum absolute atomic E-state index is 11.4. The minimum atomic E-state index is -0.224. The smallest absolute Gasteiger partial charge is 0.198 e. The van der Waals surface area contributed by atoms with Crippen LogP contribution in [0.25, 0.3) is 0 Å². The molecular formula is C11H17ClO2. The number of carbonyl (C=O) groups is 2. The van der Waals surface area contributed by atoms with Gasteiger partial charge in [0.05, 0.1) is 0 Å². The number of halogens is 1. The summed E-state index contributed by atoms with van der Waals surface area (Å²) in [6.45, 7) is 0. The molecule has 1 rings (SSSR count). The van der Waals surface area contributed by atoms with Gasteiger partial charge in [-0.25, -0.2) is 0 Å². The van der Waals surface area contributed by atoms with Gasteiger partial charge >= 0.3 is 0 Å². The van der Waals surface area contributed by atoms with Gasteiger partial charge in [-0.15, -0.1) is 11.6 Å². The average molecular weight is 217 g/mol. The van der Waals surface area contributed by atoms with Crippen LogP contribution >= 0.6 is 11.6 Å². The molecule has 1 saturated carbocycles. The van der Waals surface area contributed by atoms with Crippen molar-refractivity contribution < 1.29 is 9.59 Å². The normalized spacial score (nSPS) is 17.2. The highest BCUT2D eigenvalue weighted by Gasteiger charge is 2.21. The Morgan fingerprint density at radius 2 is 1.79 bits per heavy atom. The molecule has 0 aromatic carbocycles. The molecule has 2 nitrogen and oxygen atoms in total. The number of alkyl halides is 1. The fourth-order valence-corrected chi connectivity index (χ4v) is 2.09. The summed E-state index contributed by atoms with van der Waals surface area (Å²) in [5.74, 6) is 0.532. The summed E-state index contributed by atoms with van der Waals surface area (Å²) < 4.78 is 0. The van der Waals surface area contributed by atoms with Crippen LogP contribution in [0.2, 0.25) is 0 Å². The number of Topliss-reactive ketones (excluding diaryl/α,β-unsaturated/α-hetero) is 2. The predicted molar refractivity (Wildman–Crippen MR) is 56.5 cm³/mol. The van der Waals surface area contributed by atoms with Gasteiger partial charge in [0, 0.05) is 18.7 Å². The molecule has 14 heavy (non-hydrogen) atoms. The molecule has 1 fully saturated rings. The lowest BCUT2D eigenvalue weighted by atomic mass is 9.98.